The number of carboxylic acids is 1. The smallest absolute Gasteiger partial charge is 0.303 e. The lowest BCUT2D eigenvalue weighted by Gasteiger charge is -2.26. The average molecular weight is 357 g/mol. The Morgan fingerprint density at radius 3 is 2.35 bits per heavy atom. The molecule has 0 aromatic heterocycles. The maximum atomic E-state index is 13.3. The second-order valence-corrected chi connectivity index (χ2v) is 6.55. The molecular formula is C21H24FNO3. The Balaban J connectivity index is 2.50. The standard InChI is InChI=1S/C21H24FNO3/c1-13(19-11-17(14(2)24)4-3-16(19)9-10-23)20(12-21(25)26)15-5-7-18(22)8-6-15/h3-8,11,13,20H,9-10,12,23H2,1-2H3,(H,25,26). The molecule has 5 heteroatoms. The minimum Gasteiger partial charge on any atom is -0.481 e. The second-order valence-electron chi connectivity index (χ2n) is 6.55. The van der Waals surface area contributed by atoms with Crippen LogP contribution in [0.3, 0.4) is 0 Å². The largest absolute Gasteiger partial charge is 0.481 e. The predicted molar refractivity (Wildman–Crippen MR) is 99.0 cm³/mol. The first kappa shape index (κ1) is 19.8. The summed E-state index contributed by atoms with van der Waals surface area (Å²) >= 11 is 0. The van der Waals surface area contributed by atoms with Crippen molar-refractivity contribution in [3.63, 3.8) is 0 Å². The van der Waals surface area contributed by atoms with E-state index in [4.69, 9.17) is 5.73 Å². The predicted octanol–water partition coefficient (Wildman–Crippen LogP) is 3.89. The first-order valence-corrected chi connectivity index (χ1v) is 8.64. The average Bonchev–Trinajstić information content (AvgIpc) is 2.60. The van der Waals surface area contributed by atoms with Gasteiger partial charge in [0.2, 0.25) is 0 Å². The van der Waals surface area contributed by atoms with E-state index in [1.807, 2.05) is 19.1 Å². The Morgan fingerprint density at radius 2 is 1.81 bits per heavy atom. The first-order chi connectivity index (χ1) is 12.3. The maximum Gasteiger partial charge on any atom is 0.303 e. The fourth-order valence-corrected chi connectivity index (χ4v) is 3.32. The molecule has 2 rings (SSSR count). The van der Waals surface area contributed by atoms with Gasteiger partial charge in [-0.05, 0) is 60.7 Å². The lowest BCUT2D eigenvalue weighted by atomic mass is 9.78. The highest BCUT2D eigenvalue weighted by Crippen LogP contribution is 2.37. The summed E-state index contributed by atoms with van der Waals surface area (Å²) in [5, 5.41) is 9.36. The second kappa shape index (κ2) is 8.72. The summed E-state index contributed by atoms with van der Waals surface area (Å²) in [6.45, 7) is 3.90. The number of ketones is 1. The summed E-state index contributed by atoms with van der Waals surface area (Å²) in [5.41, 5.74) is 8.97. The van der Waals surface area contributed by atoms with E-state index >= 15 is 0 Å². The maximum absolute atomic E-state index is 13.3. The number of aliphatic carboxylic acids is 1. The third kappa shape index (κ3) is 4.76. The normalized spacial score (nSPS) is 13.2. The molecule has 26 heavy (non-hydrogen) atoms. The quantitative estimate of drug-likeness (QED) is 0.702. The Kier molecular flexibility index (Phi) is 6.64. The lowest BCUT2D eigenvalue weighted by Crippen LogP contribution is -2.16. The molecule has 0 spiro atoms. The van der Waals surface area contributed by atoms with Crippen molar-refractivity contribution in [1.82, 2.24) is 0 Å². The number of halogens is 1. The van der Waals surface area contributed by atoms with Gasteiger partial charge >= 0.3 is 5.97 Å². The number of nitrogens with two attached hydrogens (primary N) is 1. The summed E-state index contributed by atoms with van der Waals surface area (Å²) in [7, 11) is 0. The van der Waals surface area contributed by atoms with Crippen LogP contribution in [0.5, 0.6) is 0 Å². The third-order valence-corrected chi connectivity index (χ3v) is 4.75. The molecule has 0 amide bonds. The van der Waals surface area contributed by atoms with Gasteiger partial charge in [0.05, 0.1) is 6.42 Å². The number of hydrogen-bond acceptors (Lipinski definition) is 3. The van der Waals surface area contributed by atoms with Gasteiger partial charge in [-0.2, -0.15) is 0 Å². The molecule has 4 nitrogen and oxygen atoms in total. The van der Waals surface area contributed by atoms with E-state index < -0.39 is 5.97 Å². The molecule has 0 bridgehead atoms. The highest BCUT2D eigenvalue weighted by molar-refractivity contribution is 5.94. The van der Waals surface area contributed by atoms with Gasteiger partial charge < -0.3 is 10.8 Å². The fraction of sp³-hybridized carbons (Fsp3) is 0.333. The highest BCUT2D eigenvalue weighted by Gasteiger charge is 2.26. The van der Waals surface area contributed by atoms with Gasteiger partial charge in [0.1, 0.15) is 5.82 Å². The van der Waals surface area contributed by atoms with E-state index in [1.165, 1.54) is 19.1 Å². The molecule has 0 aliphatic rings. The van der Waals surface area contributed by atoms with Crippen LogP contribution in [-0.4, -0.2) is 23.4 Å². The molecule has 0 heterocycles. The number of carbonyl (C=O) groups is 2. The van der Waals surface area contributed by atoms with E-state index in [-0.39, 0.29) is 29.9 Å². The molecule has 2 atom stereocenters. The molecule has 0 aliphatic carbocycles. The third-order valence-electron chi connectivity index (χ3n) is 4.75. The Bertz CT molecular complexity index is 786. The molecule has 0 fully saturated rings. The number of carboxylic acid groups (broad SMARTS) is 1. The minimum absolute atomic E-state index is 0.0469. The first-order valence-electron chi connectivity index (χ1n) is 8.64. The van der Waals surface area contributed by atoms with Crippen molar-refractivity contribution in [2.45, 2.75) is 38.5 Å². The van der Waals surface area contributed by atoms with Crippen molar-refractivity contribution in [2.75, 3.05) is 6.54 Å². The van der Waals surface area contributed by atoms with Crippen LogP contribution in [0.25, 0.3) is 0 Å². The van der Waals surface area contributed by atoms with Gasteiger partial charge in [0.25, 0.3) is 0 Å². The summed E-state index contributed by atoms with van der Waals surface area (Å²) in [5.74, 6) is -1.84. The van der Waals surface area contributed by atoms with Gasteiger partial charge in [0, 0.05) is 11.5 Å². The van der Waals surface area contributed by atoms with Crippen molar-refractivity contribution < 1.29 is 19.1 Å². The van der Waals surface area contributed by atoms with Gasteiger partial charge in [-0.15, -0.1) is 0 Å². The summed E-state index contributed by atoms with van der Waals surface area (Å²) < 4.78 is 13.3. The molecule has 0 radical (unpaired) electrons. The van der Waals surface area contributed by atoms with Crippen LogP contribution >= 0.6 is 0 Å². The van der Waals surface area contributed by atoms with Crippen LogP contribution in [0, 0.1) is 5.82 Å². The van der Waals surface area contributed by atoms with Crippen molar-refractivity contribution >= 4 is 11.8 Å². The molecule has 3 N–H and O–H groups in total. The zero-order chi connectivity index (χ0) is 19.3. The topological polar surface area (TPSA) is 80.4 Å². The Labute approximate surface area is 152 Å². The Hall–Kier alpha value is -2.53. The monoisotopic (exact) mass is 357 g/mol. The van der Waals surface area contributed by atoms with Gasteiger partial charge in [-0.1, -0.05) is 31.2 Å². The van der Waals surface area contributed by atoms with Gasteiger partial charge in [-0.3, -0.25) is 9.59 Å². The zero-order valence-electron chi connectivity index (χ0n) is 15.0. The van der Waals surface area contributed by atoms with E-state index in [0.29, 0.717) is 18.5 Å². The van der Waals surface area contributed by atoms with Gasteiger partial charge in [0.15, 0.2) is 5.78 Å². The van der Waals surface area contributed by atoms with Crippen LogP contribution in [0.15, 0.2) is 42.5 Å². The number of hydrogen-bond donors (Lipinski definition) is 2. The number of rotatable bonds is 8. The van der Waals surface area contributed by atoms with Crippen LogP contribution in [0.4, 0.5) is 4.39 Å². The van der Waals surface area contributed by atoms with Crippen molar-refractivity contribution in [1.29, 1.82) is 0 Å². The summed E-state index contributed by atoms with van der Waals surface area (Å²) in [4.78, 5) is 23.2. The summed E-state index contributed by atoms with van der Waals surface area (Å²) in [6.07, 6.45) is 0.556. The molecule has 2 unspecified atom stereocenters. The van der Waals surface area contributed by atoms with Crippen LogP contribution in [0.2, 0.25) is 0 Å². The fourth-order valence-electron chi connectivity index (χ4n) is 3.32. The van der Waals surface area contributed by atoms with Gasteiger partial charge in [-0.25, -0.2) is 4.39 Å². The molecule has 0 saturated carbocycles. The zero-order valence-corrected chi connectivity index (χ0v) is 15.0. The molecule has 2 aromatic carbocycles. The van der Waals surface area contributed by atoms with Crippen molar-refractivity contribution in [2.24, 2.45) is 5.73 Å². The van der Waals surface area contributed by atoms with Crippen LogP contribution in [0.1, 0.15) is 59.2 Å². The van der Waals surface area contributed by atoms with Crippen LogP contribution in [-0.2, 0) is 11.2 Å². The molecular weight excluding hydrogens is 333 g/mol. The number of benzene rings is 2. The van der Waals surface area contributed by atoms with Crippen molar-refractivity contribution in [3.8, 4) is 0 Å². The van der Waals surface area contributed by atoms with E-state index in [1.54, 1.807) is 18.2 Å². The van der Waals surface area contributed by atoms with Crippen LogP contribution < -0.4 is 5.73 Å². The SMILES string of the molecule is CC(=O)c1ccc(CCN)c(C(C)C(CC(=O)O)c2ccc(F)cc2)c1. The number of carbonyl (C=O) groups excluding carboxylic acids is 1. The van der Waals surface area contributed by atoms with E-state index in [0.717, 1.165) is 16.7 Å². The highest BCUT2D eigenvalue weighted by atomic mass is 19.1. The van der Waals surface area contributed by atoms with E-state index in [2.05, 4.69) is 0 Å². The Morgan fingerprint density at radius 1 is 1.15 bits per heavy atom. The number of Topliss-reactive ketones (excluding diaryl/α,β-unsaturated/α-hetero) is 1. The lowest BCUT2D eigenvalue weighted by molar-refractivity contribution is -0.137. The summed E-state index contributed by atoms with van der Waals surface area (Å²) in [6, 6.07) is 11.4. The van der Waals surface area contributed by atoms with Crippen molar-refractivity contribution in [3.05, 3.63) is 70.5 Å². The van der Waals surface area contributed by atoms with E-state index in [9.17, 15) is 19.1 Å². The molecule has 0 aliphatic heterocycles. The minimum atomic E-state index is -0.922. The molecule has 138 valence electrons. The molecule has 0 saturated heterocycles. The molecule has 2 aromatic rings.